The lowest BCUT2D eigenvalue weighted by Gasteiger charge is -2.36. The molecular weight excluding hydrogens is 268 g/mol. The molecule has 6 heteroatoms. The molecular formula is C15H26N4O2. The highest BCUT2D eigenvalue weighted by Crippen LogP contribution is 2.19. The van der Waals surface area contributed by atoms with Crippen LogP contribution in [0.3, 0.4) is 0 Å². The van der Waals surface area contributed by atoms with Crippen LogP contribution in [0.2, 0.25) is 0 Å². The van der Waals surface area contributed by atoms with E-state index in [0.717, 1.165) is 24.7 Å². The van der Waals surface area contributed by atoms with Crippen molar-refractivity contribution in [3.63, 3.8) is 0 Å². The van der Waals surface area contributed by atoms with Crippen LogP contribution in [0.4, 0.5) is 5.95 Å². The van der Waals surface area contributed by atoms with E-state index in [1.54, 1.807) is 0 Å². The third kappa shape index (κ3) is 4.54. The lowest BCUT2D eigenvalue weighted by atomic mass is 10.2. The van der Waals surface area contributed by atoms with Crippen LogP contribution in [0.5, 0.6) is 5.88 Å². The third-order valence-electron chi connectivity index (χ3n) is 3.36. The third-order valence-corrected chi connectivity index (χ3v) is 3.36. The predicted molar refractivity (Wildman–Crippen MR) is 83.0 cm³/mol. The van der Waals surface area contributed by atoms with Crippen molar-refractivity contribution < 1.29 is 9.47 Å². The zero-order valence-corrected chi connectivity index (χ0v) is 13.4. The molecule has 118 valence electrons. The summed E-state index contributed by atoms with van der Waals surface area (Å²) in [5.74, 6) is 1.37. The van der Waals surface area contributed by atoms with Crippen LogP contribution < -0.4 is 15.0 Å². The zero-order valence-electron chi connectivity index (χ0n) is 13.4. The molecule has 2 rings (SSSR count). The van der Waals surface area contributed by atoms with Crippen molar-refractivity contribution in [1.29, 1.82) is 0 Å². The Hall–Kier alpha value is -1.40. The molecule has 0 radical (unpaired) electrons. The van der Waals surface area contributed by atoms with E-state index in [9.17, 15) is 0 Å². The number of anilines is 1. The fourth-order valence-corrected chi connectivity index (χ4v) is 2.33. The van der Waals surface area contributed by atoms with Crippen LogP contribution >= 0.6 is 0 Å². The number of morpholine rings is 1. The minimum Gasteiger partial charge on any atom is -0.478 e. The van der Waals surface area contributed by atoms with Crippen molar-refractivity contribution in [1.82, 2.24) is 15.3 Å². The molecule has 1 aliphatic rings. The molecule has 2 heterocycles. The van der Waals surface area contributed by atoms with Crippen LogP contribution in [0.15, 0.2) is 6.07 Å². The second-order valence-electron chi connectivity index (χ2n) is 5.57. The normalized spacial score (nSPS) is 19.1. The summed E-state index contributed by atoms with van der Waals surface area (Å²) in [6.45, 7) is 11.9. The first kappa shape index (κ1) is 16.0. The molecule has 1 N–H and O–H groups in total. The van der Waals surface area contributed by atoms with Crippen molar-refractivity contribution in [2.24, 2.45) is 0 Å². The van der Waals surface area contributed by atoms with Gasteiger partial charge in [0.15, 0.2) is 0 Å². The van der Waals surface area contributed by atoms with Gasteiger partial charge in [-0.05, 0) is 13.8 Å². The van der Waals surface area contributed by atoms with Crippen LogP contribution in [-0.4, -0.2) is 55.0 Å². The number of nitrogens with one attached hydrogen (secondary N) is 1. The van der Waals surface area contributed by atoms with Gasteiger partial charge in [-0.3, -0.25) is 0 Å². The fraction of sp³-hybridized carbons (Fsp3) is 0.733. The van der Waals surface area contributed by atoms with Gasteiger partial charge >= 0.3 is 0 Å². The molecule has 6 nitrogen and oxygen atoms in total. The maximum atomic E-state index is 5.61. The van der Waals surface area contributed by atoms with E-state index in [0.29, 0.717) is 31.7 Å². The van der Waals surface area contributed by atoms with Gasteiger partial charge in [-0.1, -0.05) is 13.8 Å². The molecule has 1 aliphatic heterocycles. The van der Waals surface area contributed by atoms with Crippen molar-refractivity contribution in [3.8, 4) is 5.88 Å². The van der Waals surface area contributed by atoms with E-state index >= 15 is 0 Å². The van der Waals surface area contributed by atoms with Crippen molar-refractivity contribution in [3.05, 3.63) is 11.8 Å². The molecule has 0 aromatic carbocycles. The summed E-state index contributed by atoms with van der Waals surface area (Å²) >= 11 is 0. The monoisotopic (exact) mass is 294 g/mol. The SMILES string of the molecule is CCOc1cc(C)nc(N2CCOCC2CNC(C)C)n1. The van der Waals surface area contributed by atoms with Crippen LogP contribution in [0, 0.1) is 6.92 Å². The second-order valence-corrected chi connectivity index (χ2v) is 5.57. The number of ether oxygens (including phenoxy) is 2. The van der Waals surface area contributed by atoms with E-state index in [4.69, 9.17) is 9.47 Å². The summed E-state index contributed by atoms with van der Waals surface area (Å²) in [7, 11) is 0. The maximum absolute atomic E-state index is 5.61. The van der Waals surface area contributed by atoms with Crippen molar-refractivity contribution in [2.75, 3.05) is 37.8 Å². The Balaban J connectivity index is 2.16. The smallest absolute Gasteiger partial charge is 0.229 e. The number of hydrogen-bond acceptors (Lipinski definition) is 6. The van der Waals surface area contributed by atoms with Gasteiger partial charge in [-0.15, -0.1) is 0 Å². The lowest BCUT2D eigenvalue weighted by molar-refractivity contribution is 0.0922. The Bertz CT molecular complexity index is 453. The summed E-state index contributed by atoms with van der Waals surface area (Å²) in [4.78, 5) is 11.3. The summed E-state index contributed by atoms with van der Waals surface area (Å²) < 4.78 is 11.1. The maximum Gasteiger partial charge on any atom is 0.229 e. The van der Waals surface area contributed by atoms with Crippen LogP contribution in [0.1, 0.15) is 26.5 Å². The van der Waals surface area contributed by atoms with Gasteiger partial charge in [-0.2, -0.15) is 4.98 Å². The molecule has 1 unspecified atom stereocenters. The van der Waals surface area contributed by atoms with Gasteiger partial charge in [0, 0.05) is 30.9 Å². The summed E-state index contributed by atoms with van der Waals surface area (Å²) in [5.41, 5.74) is 0.922. The average Bonchev–Trinajstić information content (AvgIpc) is 2.45. The Kier molecular flexibility index (Phi) is 5.76. The molecule has 0 aliphatic carbocycles. The quantitative estimate of drug-likeness (QED) is 0.855. The molecule has 21 heavy (non-hydrogen) atoms. The molecule has 0 saturated carbocycles. The largest absolute Gasteiger partial charge is 0.478 e. The lowest BCUT2D eigenvalue weighted by Crippen LogP contribution is -2.52. The van der Waals surface area contributed by atoms with Gasteiger partial charge in [0.25, 0.3) is 0 Å². The topological polar surface area (TPSA) is 59.5 Å². The second kappa shape index (κ2) is 7.56. The average molecular weight is 294 g/mol. The first-order chi connectivity index (χ1) is 10.1. The summed E-state index contributed by atoms with van der Waals surface area (Å²) in [6.07, 6.45) is 0. The molecule has 0 spiro atoms. The van der Waals surface area contributed by atoms with Crippen molar-refractivity contribution in [2.45, 2.75) is 39.8 Å². The first-order valence-electron chi connectivity index (χ1n) is 7.66. The molecule has 1 atom stereocenters. The Labute approximate surface area is 126 Å². The predicted octanol–water partition coefficient (Wildman–Crippen LogP) is 1.39. The Morgan fingerprint density at radius 2 is 2.29 bits per heavy atom. The van der Waals surface area contributed by atoms with Gasteiger partial charge in [0.1, 0.15) is 0 Å². The van der Waals surface area contributed by atoms with E-state index in [-0.39, 0.29) is 6.04 Å². The number of rotatable bonds is 6. The van der Waals surface area contributed by atoms with Gasteiger partial charge in [0.2, 0.25) is 11.8 Å². The molecule has 0 bridgehead atoms. The Morgan fingerprint density at radius 3 is 3.00 bits per heavy atom. The Morgan fingerprint density at radius 1 is 1.48 bits per heavy atom. The highest BCUT2D eigenvalue weighted by molar-refractivity contribution is 5.36. The van der Waals surface area contributed by atoms with Gasteiger partial charge < -0.3 is 19.7 Å². The molecule has 1 fully saturated rings. The first-order valence-corrected chi connectivity index (χ1v) is 7.66. The summed E-state index contributed by atoms with van der Waals surface area (Å²) in [5, 5.41) is 3.46. The molecule has 1 aromatic heterocycles. The van der Waals surface area contributed by atoms with Crippen LogP contribution in [-0.2, 0) is 4.74 Å². The van der Waals surface area contributed by atoms with Gasteiger partial charge in [0.05, 0.1) is 25.9 Å². The highest BCUT2D eigenvalue weighted by atomic mass is 16.5. The number of hydrogen-bond donors (Lipinski definition) is 1. The standard InChI is InChI=1S/C15H26N4O2/c1-5-21-14-8-12(4)17-15(18-14)19-6-7-20-10-13(19)9-16-11(2)3/h8,11,13,16H,5-7,9-10H2,1-4H3. The molecule has 0 amide bonds. The zero-order chi connectivity index (χ0) is 15.2. The van der Waals surface area contributed by atoms with E-state index in [2.05, 4.69) is 34.0 Å². The van der Waals surface area contributed by atoms with Crippen molar-refractivity contribution >= 4 is 5.95 Å². The number of nitrogens with zero attached hydrogens (tertiary/aromatic N) is 3. The van der Waals surface area contributed by atoms with Gasteiger partial charge in [-0.25, -0.2) is 4.98 Å². The number of aryl methyl sites for hydroxylation is 1. The van der Waals surface area contributed by atoms with E-state index in [1.807, 2.05) is 19.9 Å². The summed E-state index contributed by atoms with van der Waals surface area (Å²) in [6, 6.07) is 2.57. The van der Waals surface area contributed by atoms with E-state index < -0.39 is 0 Å². The molecule has 1 aromatic rings. The molecule has 1 saturated heterocycles. The highest BCUT2D eigenvalue weighted by Gasteiger charge is 2.25. The van der Waals surface area contributed by atoms with E-state index in [1.165, 1.54) is 0 Å². The van der Waals surface area contributed by atoms with Crippen LogP contribution in [0.25, 0.3) is 0 Å². The fourth-order valence-electron chi connectivity index (χ4n) is 2.33. The minimum atomic E-state index is 0.248. The number of aromatic nitrogens is 2. The minimum absolute atomic E-state index is 0.248.